The molecule has 2 N–H and O–H groups in total. The zero-order chi connectivity index (χ0) is 22.0. The molecule has 0 saturated carbocycles. The Bertz CT molecular complexity index is 1160. The maximum atomic E-state index is 12.9. The van der Waals surface area contributed by atoms with E-state index < -0.39 is 22.8 Å². The van der Waals surface area contributed by atoms with Crippen molar-refractivity contribution in [3.63, 3.8) is 0 Å². The van der Waals surface area contributed by atoms with Crippen LogP contribution in [0.2, 0.25) is 0 Å². The number of carboxylic acids is 1. The van der Waals surface area contributed by atoms with Gasteiger partial charge in [0.05, 0.1) is 25.8 Å². The third-order valence-corrected chi connectivity index (χ3v) is 5.62. The molecule has 0 unspecified atom stereocenters. The number of carbonyl (C=O) groups is 1. The van der Waals surface area contributed by atoms with E-state index in [9.17, 15) is 19.8 Å². The topological polar surface area (TPSA) is 101 Å². The predicted molar refractivity (Wildman–Crippen MR) is 116 cm³/mol. The molecule has 0 bridgehead atoms. The highest BCUT2D eigenvalue weighted by Gasteiger charge is 2.22. The van der Waals surface area contributed by atoms with Gasteiger partial charge in [-0.3, -0.25) is 9.69 Å². The number of aromatic carboxylic acids is 1. The van der Waals surface area contributed by atoms with Gasteiger partial charge < -0.3 is 24.3 Å². The summed E-state index contributed by atoms with van der Waals surface area (Å²) in [6, 6.07) is 12.7. The lowest BCUT2D eigenvalue weighted by atomic mass is 10.0. The summed E-state index contributed by atoms with van der Waals surface area (Å²) < 4.78 is 12.0. The number of carboxylic acid groups (broad SMARTS) is 1. The van der Waals surface area contributed by atoms with Crippen LogP contribution in [0.4, 0.5) is 0 Å². The summed E-state index contributed by atoms with van der Waals surface area (Å²) >= 11 is 0. The number of morpholine rings is 1. The fourth-order valence-electron chi connectivity index (χ4n) is 3.89. The van der Waals surface area contributed by atoms with Crippen LogP contribution in [0.5, 0.6) is 11.5 Å². The van der Waals surface area contributed by atoms with Gasteiger partial charge in [0.25, 0.3) is 5.56 Å². The van der Waals surface area contributed by atoms with E-state index in [-0.39, 0.29) is 0 Å². The Kier molecular flexibility index (Phi) is 5.92. The average Bonchev–Trinajstić information content (AvgIpc) is 2.79. The zero-order valence-electron chi connectivity index (χ0n) is 17.2. The Morgan fingerprint density at radius 3 is 2.39 bits per heavy atom. The van der Waals surface area contributed by atoms with Crippen LogP contribution in [0.15, 0.2) is 47.3 Å². The van der Waals surface area contributed by atoms with Crippen LogP contribution < -0.4 is 10.3 Å². The number of aromatic hydroxyl groups is 1. The minimum Gasteiger partial charge on any atom is -0.506 e. The molecule has 8 nitrogen and oxygen atoms in total. The summed E-state index contributed by atoms with van der Waals surface area (Å²) in [6.07, 6.45) is 0. The summed E-state index contributed by atoms with van der Waals surface area (Å²) in [5.41, 5.74) is 0.854. The van der Waals surface area contributed by atoms with Crippen molar-refractivity contribution in [2.75, 3.05) is 40.0 Å². The summed E-state index contributed by atoms with van der Waals surface area (Å²) in [7, 11) is 1.59. The van der Waals surface area contributed by atoms with E-state index in [1.807, 2.05) is 30.3 Å². The number of benzene rings is 2. The molecule has 0 radical (unpaired) electrons. The number of aromatic nitrogens is 1. The maximum absolute atomic E-state index is 12.9. The Hall–Kier alpha value is -3.36. The molecule has 4 rings (SSSR count). The summed E-state index contributed by atoms with van der Waals surface area (Å²) in [4.78, 5) is 26.8. The lowest BCUT2D eigenvalue weighted by Crippen LogP contribution is -2.39. The molecule has 8 heteroatoms. The van der Waals surface area contributed by atoms with Gasteiger partial charge in [0, 0.05) is 31.6 Å². The van der Waals surface area contributed by atoms with Crippen LogP contribution in [0.1, 0.15) is 10.4 Å². The minimum atomic E-state index is -1.45. The van der Waals surface area contributed by atoms with Crippen molar-refractivity contribution in [3.8, 4) is 22.6 Å². The van der Waals surface area contributed by atoms with E-state index in [2.05, 4.69) is 4.90 Å². The number of ether oxygens (including phenoxy) is 2. The molecule has 31 heavy (non-hydrogen) atoms. The molecule has 0 spiro atoms. The second-order valence-corrected chi connectivity index (χ2v) is 7.40. The first kappa shape index (κ1) is 20.9. The molecule has 1 fully saturated rings. The summed E-state index contributed by atoms with van der Waals surface area (Å²) in [5, 5.41) is 20.6. The second-order valence-electron chi connectivity index (χ2n) is 7.40. The number of hydrogen-bond donors (Lipinski definition) is 2. The van der Waals surface area contributed by atoms with E-state index >= 15 is 0 Å². The van der Waals surface area contributed by atoms with Crippen molar-refractivity contribution in [1.29, 1.82) is 0 Å². The lowest BCUT2D eigenvalue weighted by Gasteiger charge is -2.27. The normalized spacial score (nSPS) is 14.6. The fraction of sp³-hybridized carbons (Fsp3) is 0.304. The van der Waals surface area contributed by atoms with Crippen molar-refractivity contribution in [2.24, 2.45) is 0 Å². The van der Waals surface area contributed by atoms with Crippen LogP contribution in [0.25, 0.3) is 22.0 Å². The molecule has 1 aliphatic heterocycles. The highest BCUT2D eigenvalue weighted by atomic mass is 16.5. The molecule has 162 valence electrons. The Balaban J connectivity index is 1.80. The molecular formula is C23H24N2O6. The quantitative estimate of drug-likeness (QED) is 0.627. The predicted octanol–water partition coefficient (Wildman–Crippen LogP) is 2.41. The van der Waals surface area contributed by atoms with E-state index in [1.165, 1.54) is 4.57 Å². The first-order chi connectivity index (χ1) is 15.0. The van der Waals surface area contributed by atoms with E-state index in [0.29, 0.717) is 37.2 Å². The van der Waals surface area contributed by atoms with Crippen molar-refractivity contribution in [2.45, 2.75) is 6.54 Å². The first-order valence-electron chi connectivity index (χ1n) is 10.1. The highest BCUT2D eigenvalue weighted by Crippen LogP contribution is 2.31. The van der Waals surface area contributed by atoms with Gasteiger partial charge >= 0.3 is 5.97 Å². The summed E-state index contributed by atoms with van der Waals surface area (Å²) in [6.45, 7) is 3.70. The standard InChI is InChI=1S/C23H24N2O6/c1-30-17-5-2-15(3-6-17)16-4-7-19-18(14-16)21(26)20(23(28)29)22(27)25(19)9-8-24-10-12-31-13-11-24/h2-7,14,26H,8-13H2,1H3,(H,28,29). The summed E-state index contributed by atoms with van der Waals surface area (Å²) in [5.74, 6) is -1.23. The molecule has 0 amide bonds. The largest absolute Gasteiger partial charge is 0.506 e. The van der Waals surface area contributed by atoms with Crippen LogP contribution >= 0.6 is 0 Å². The Morgan fingerprint density at radius 1 is 1.06 bits per heavy atom. The minimum absolute atomic E-state index is 0.317. The Morgan fingerprint density at radius 2 is 1.74 bits per heavy atom. The molecule has 1 saturated heterocycles. The smallest absolute Gasteiger partial charge is 0.345 e. The average molecular weight is 424 g/mol. The van der Waals surface area contributed by atoms with Crippen molar-refractivity contribution in [1.82, 2.24) is 9.47 Å². The number of fused-ring (bicyclic) bond motifs is 1. The number of pyridine rings is 1. The SMILES string of the molecule is COc1ccc(-c2ccc3c(c2)c(O)c(C(=O)O)c(=O)n3CCN2CCOCC2)cc1. The molecule has 1 aromatic heterocycles. The van der Waals surface area contributed by atoms with Crippen LogP contribution in [0.3, 0.4) is 0 Å². The highest BCUT2D eigenvalue weighted by molar-refractivity contribution is 5.99. The van der Waals surface area contributed by atoms with Gasteiger partial charge in [-0.2, -0.15) is 0 Å². The van der Waals surface area contributed by atoms with Crippen molar-refractivity contribution in [3.05, 3.63) is 58.4 Å². The fourth-order valence-corrected chi connectivity index (χ4v) is 3.89. The van der Waals surface area contributed by atoms with Crippen molar-refractivity contribution >= 4 is 16.9 Å². The van der Waals surface area contributed by atoms with Gasteiger partial charge in [-0.25, -0.2) is 4.79 Å². The first-order valence-corrected chi connectivity index (χ1v) is 10.1. The Labute approximate surface area is 178 Å². The molecule has 2 heterocycles. The maximum Gasteiger partial charge on any atom is 0.345 e. The lowest BCUT2D eigenvalue weighted by molar-refractivity contribution is 0.0364. The van der Waals surface area contributed by atoms with Crippen molar-refractivity contribution < 1.29 is 24.5 Å². The van der Waals surface area contributed by atoms with Crippen LogP contribution in [0, 0.1) is 0 Å². The molecular weight excluding hydrogens is 400 g/mol. The second kappa shape index (κ2) is 8.79. The zero-order valence-corrected chi connectivity index (χ0v) is 17.2. The van der Waals surface area contributed by atoms with Gasteiger partial charge in [-0.15, -0.1) is 0 Å². The monoisotopic (exact) mass is 424 g/mol. The van der Waals surface area contributed by atoms with Crippen LogP contribution in [-0.4, -0.2) is 65.6 Å². The number of nitrogens with zero attached hydrogens (tertiary/aromatic N) is 2. The molecule has 0 atom stereocenters. The van der Waals surface area contributed by atoms with Gasteiger partial charge in [0.1, 0.15) is 11.5 Å². The number of methoxy groups -OCH3 is 1. The van der Waals surface area contributed by atoms with Gasteiger partial charge in [-0.1, -0.05) is 18.2 Å². The van der Waals surface area contributed by atoms with E-state index in [4.69, 9.17) is 9.47 Å². The molecule has 1 aliphatic rings. The molecule has 2 aromatic carbocycles. The third kappa shape index (κ3) is 4.12. The number of rotatable bonds is 6. The van der Waals surface area contributed by atoms with Gasteiger partial charge in [-0.05, 0) is 35.4 Å². The van der Waals surface area contributed by atoms with Crippen LogP contribution in [-0.2, 0) is 11.3 Å². The van der Waals surface area contributed by atoms with Gasteiger partial charge in [0.15, 0.2) is 5.56 Å². The van der Waals surface area contributed by atoms with E-state index in [0.717, 1.165) is 30.0 Å². The third-order valence-electron chi connectivity index (χ3n) is 5.62. The number of hydrogen-bond acceptors (Lipinski definition) is 6. The molecule has 3 aromatic rings. The molecule has 0 aliphatic carbocycles. The van der Waals surface area contributed by atoms with Gasteiger partial charge in [0.2, 0.25) is 0 Å². The van der Waals surface area contributed by atoms with E-state index in [1.54, 1.807) is 19.2 Å².